The molecule has 1 fully saturated rings. The van der Waals surface area contributed by atoms with Crippen molar-refractivity contribution in [1.29, 1.82) is 0 Å². The van der Waals surface area contributed by atoms with Crippen molar-refractivity contribution < 1.29 is 14.7 Å². The molecule has 4 nitrogen and oxygen atoms in total. The normalized spacial score (nSPS) is 22.9. The first kappa shape index (κ1) is 13.4. The molecule has 16 heavy (non-hydrogen) atoms. The second-order valence-electron chi connectivity index (χ2n) is 4.22. The number of carboxylic acid groups (broad SMARTS) is 1. The molecule has 0 aromatic heterocycles. The second kappa shape index (κ2) is 6.13. The highest BCUT2D eigenvalue weighted by molar-refractivity contribution is 8.01. The number of aliphatic carboxylic acids is 1. The van der Waals surface area contributed by atoms with E-state index in [1.807, 2.05) is 4.90 Å². The van der Waals surface area contributed by atoms with Crippen molar-refractivity contribution in [3.8, 4) is 0 Å². The van der Waals surface area contributed by atoms with Gasteiger partial charge in [-0.05, 0) is 33.1 Å². The van der Waals surface area contributed by atoms with Gasteiger partial charge < -0.3 is 10.0 Å². The maximum Gasteiger partial charge on any atom is 0.316 e. The Morgan fingerprint density at radius 3 is 2.75 bits per heavy atom. The van der Waals surface area contributed by atoms with Crippen LogP contribution in [0.25, 0.3) is 0 Å². The van der Waals surface area contributed by atoms with Crippen molar-refractivity contribution in [2.45, 2.75) is 44.4 Å². The van der Waals surface area contributed by atoms with Crippen LogP contribution < -0.4 is 0 Å². The molecule has 1 amide bonds. The fourth-order valence-electron chi connectivity index (χ4n) is 1.82. The zero-order valence-corrected chi connectivity index (χ0v) is 10.6. The highest BCUT2D eigenvalue weighted by atomic mass is 32.2. The smallest absolute Gasteiger partial charge is 0.316 e. The standard InChI is InChI=1S/C11H19NO3S/c1-8-5-3-4-6-12(8)10(13)7-16-9(2)11(14)15/h8-9H,3-7H2,1-2H3,(H,14,15). The Hall–Kier alpha value is -0.710. The Kier molecular flexibility index (Phi) is 5.12. The number of piperidine rings is 1. The lowest BCUT2D eigenvalue weighted by atomic mass is 10.0. The Morgan fingerprint density at radius 2 is 2.19 bits per heavy atom. The molecule has 1 rings (SSSR count). The minimum Gasteiger partial charge on any atom is -0.480 e. The predicted molar refractivity (Wildman–Crippen MR) is 64.6 cm³/mol. The van der Waals surface area contributed by atoms with Crippen molar-refractivity contribution in [3.63, 3.8) is 0 Å². The monoisotopic (exact) mass is 245 g/mol. The third kappa shape index (κ3) is 3.70. The number of carbonyl (C=O) groups excluding carboxylic acids is 1. The first-order valence-electron chi connectivity index (χ1n) is 5.66. The summed E-state index contributed by atoms with van der Waals surface area (Å²) in [5.74, 6) is -0.507. The SMILES string of the molecule is CC(SCC(=O)N1CCCCC1C)C(=O)O. The van der Waals surface area contributed by atoms with E-state index >= 15 is 0 Å². The number of hydrogen-bond acceptors (Lipinski definition) is 3. The van der Waals surface area contributed by atoms with Gasteiger partial charge in [0.1, 0.15) is 0 Å². The number of carbonyl (C=O) groups is 2. The molecule has 1 saturated heterocycles. The van der Waals surface area contributed by atoms with E-state index in [0.29, 0.717) is 6.04 Å². The van der Waals surface area contributed by atoms with Crippen LogP contribution in [0.4, 0.5) is 0 Å². The van der Waals surface area contributed by atoms with Crippen molar-refractivity contribution in [2.24, 2.45) is 0 Å². The molecule has 1 N–H and O–H groups in total. The van der Waals surface area contributed by atoms with E-state index in [1.165, 1.54) is 18.2 Å². The van der Waals surface area contributed by atoms with Crippen molar-refractivity contribution in [2.75, 3.05) is 12.3 Å². The first-order valence-corrected chi connectivity index (χ1v) is 6.71. The van der Waals surface area contributed by atoms with Crippen LogP contribution in [0.15, 0.2) is 0 Å². The molecule has 0 aromatic rings. The minimum atomic E-state index is -0.857. The Balaban J connectivity index is 2.36. The van der Waals surface area contributed by atoms with Crippen LogP contribution in [0.1, 0.15) is 33.1 Å². The third-order valence-electron chi connectivity index (χ3n) is 2.93. The summed E-state index contributed by atoms with van der Waals surface area (Å²) in [5, 5.41) is 8.20. The van der Waals surface area contributed by atoms with Gasteiger partial charge in [-0.3, -0.25) is 9.59 Å². The van der Waals surface area contributed by atoms with Crippen LogP contribution in [-0.4, -0.2) is 45.5 Å². The van der Waals surface area contributed by atoms with Crippen LogP contribution in [0.5, 0.6) is 0 Å². The maximum absolute atomic E-state index is 11.8. The first-order chi connectivity index (χ1) is 7.52. The summed E-state index contributed by atoms with van der Waals surface area (Å²) in [6, 6.07) is 0.307. The van der Waals surface area contributed by atoms with Crippen LogP contribution in [0.3, 0.4) is 0 Å². The van der Waals surface area contributed by atoms with Crippen LogP contribution in [-0.2, 0) is 9.59 Å². The fourth-order valence-corrected chi connectivity index (χ4v) is 2.52. The summed E-state index contributed by atoms with van der Waals surface area (Å²) in [6.07, 6.45) is 3.31. The van der Waals surface area contributed by atoms with Gasteiger partial charge in [0.2, 0.25) is 5.91 Å². The average Bonchev–Trinajstić information content (AvgIpc) is 2.25. The molecule has 2 atom stereocenters. The molecule has 0 radical (unpaired) electrons. The van der Waals surface area contributed by atoms with Gasteiger partial charge in [0.15, 0.2) is 0 Å². The molecule has 92 valence electrons. The van der Waals surface area contributed by atoms with Crippen LogP contribution in [0, 0.1) is 0 Å². The highest BCUT2D eigenvalue weighted by Gasteiger charge is 2.24. The molecule has 0 aromatic carbocycles. The third-order valence-corrected chi connectivity index (χ3v) is 4.04. The zero-order chi connectivity index (χ0) is 12.1. The summed E-state index contributed by atoms with van der Waals surface area (Å²) in [5.41, 5.74) is 0. The Bertz CT molecular complexity index is 270. The van der Waals surface area contributed by atoms with Gasteiger partial charge in [0.25, 0.3) is 0 Å². The summed E-state index contributed by atoms with van der Waals surface area (Å²) in [4.78, 5) is 24.3. The average molecular weight is 245 g/mol. The zero-order valence-electron chi connectivity index (χ0n) is 9.81. The van der Waals surface area contributed by atoms with Gasteiger partial charge in [-0.1, -0.05) is 0 Å². The molecule has 1 aliphatic rings. The molecule has 5 heteroatoms. The van der Waals surface area contributed by atoms with Gasteiger partial charge in [-0.2, -0.15) is 0 Å². The van der Waals surface area contributed by atoms with Gasteiger partial charge in [-0.25, -0.2) is 0 Å². The lowest BCUT2D eigenvalue weighted by Gasteiger charge is -2.33. The lowest BCUT2D eigenvalue weighted by molar-refractivity contribution is -0.136. The van der Waals surface area contributed by atoms with E-state index in [2.05, 4.69) is 6.92 Å². The van der Waals surface area contributed by atoms with Crippen LogP contribution >= 0.6 is 11.8 Å². The minimum absolute atomic E-state index is 0.0744. The van der Waals surface area contributed by atoms with Crippen molar-refractivity contribution in [1.82, 2.24) is 4.90 Å². The molecular formula is C11H19NO3S. The van der Waals surface area contributed by atoms with Gasteiger partial charge >= 0.3 is 5.97 Å². The van der Waals surface area contributed by atoms with Gasteiger partial charge in [-0.15, -0.1) is 11.8 Å². The number of rotatable bonds is 4. The molecule has 0 aliphatic carbocycles. The van der Waals surface area contributed by atoms with Crippen LogP contribution in [0.2, 0.25) is 0 Å². The molecule has 2 unspecified atom stereocenters. The summed E-state index contributed by atoms with van der Waals surface area (Å²) in [6.45, 7) is 4.49. The Morgan fingerprint density at radius 1 is 1.50 bits per heavy atom. The van der Waals surface area contributed by atoms with Gasteiger partial charge in [0, 0.05) is 12.6 Å². The van der Waals surface area contributed by atoms with E-state index in [9.17, 15) is 9.59 Å². The predicted octanol–water partition coefficient (Wildman–Crippen LogP) is 1.59. The summed E-state index contributed by atoms with van der Waals surface area (Å²) in [7, 11) is 0. The topological polar surface area (TPSA) is 57.6 Å². The lowest BCUT2D eigenvalue weighted by Crippen LogP contribution is -2.43. The molecule has 0 saturated carbocycles. The fraction of sp³-hybridized carbons (Fsp3) is 0.818. The van der Waals surface area contributed by atoms with E-state index in [-0.39, 0.29) is 11.7 Å². The molecule has 1 aliphatic heterocycles. The summed E-state index contributed by atoms with van der Waals surface area (Å²) < 4.78 is 0. The molecule has 1 heterocycles. The highest BCUT2D eigenvalue weighted by Crippen LogP contribution is 2.19. The number of thioether (sulfide) groups is 1. The van der Waals surface area contributed by atoms with Gasteiger partial charge in [0.05, 0.1) is 11.0 Å². The maximum atomic E-state index is 11.8. The van der Waals surface area contributed by atoms with E-state index < -0.39 is 11.2 Å². The quantitative estimate of drug-likeness (QED) is 0.817. The summed E-state index contributed by atoms with van der Waals surface area (Å²) >= 11 is 1.20. The molecule has 0 spiro atoms. The van der Waals surface area contributed by atoms with E-state index in [0.717, 1.165) is 19.4 Å². The number of likely N-dealkylation sites (tertiary alicyclic amines) is 1. The number of nitrogens with zero attached hydrogens (tertiary/aromatic N) is 1. The number of hydrogen-bond donors (Lipinski definition) is 1. The van der Waals surface area contributed by atoms with E-state index in [4.69, 9.17) is 5.11 Å². The van der Waals surface area contributed by atoms with Crippen molar-refractivity contribution in [3.05, 3.63) is 0 Å². The number of carboxylic acids is 1. The number of amides is 1. The second-order valence-corrected chi connectivity index (χ2v) is 5.55. The van der Waals surface area contributed by atoms with E-state index in [1.54, 1.807) is 6.92 Å². The largest absolute Gasteiger partial charge is 0.480 e. The molecular weight excluding hydrogens is 226 g/mol. The Labute approximate surface area is 100 Å². The van der Waals surface area contributed by atoms with Crippen molar-refractivity contribution >= 4 is 23.6 Å². The molecule has 0 bridgehead atoms.